The van der Waals surface area contributed by atoms with Crippen molar-refractivity contribution in [2.75, 3.05) is 19.0 Å². The lowest BCUT2D eigenvalue weighted by Gasteiger charge is -2.28. The van der Waals surface area contributed by atoms with Crippen molar-refractivity contribution in [3.8, 4) is 0 Å². The van der Waals surface area contributed by atoms with Crippen LogP contribution in [0.2, 0.25) is 0 Å². The molecular formula is C16H20N2O2S. The van der Waals surface area contributed by atoms with Crippen LogP contribution >= 0.6 is 11.3 Å². The van der Waals surface area contributed by atoms with Gasteiger partial charge in [0.15, 0.2) is 0 Å². The lowest BCUT2D eigenvalue weighted by Crippen LogP contribution is -2.35. The fraction of sp³-hybridized carbons (Fsp3) is 0.312. The highest BCUT2D eigenvalue weighted by molar-refractivity contribution is 7.16. The van der Waals surface area contributed by atoms with E-state index in [1.54, 1.807) is 23.3 Å². The number of aryl methyl sites for hydroxylation is 1. The van der Waals surface area contributed by atoms with Gasteiger partial charge in [0, 0.05) is 18.5 Å². The van der Waals surface area contributed by atoms with Gasteiger partial charge in [-0.25, -0.2) is 4.79 Å². The van der Waals surface area contributed by atoms with Crippen LogP contribution in [0.15, 0.2) is 42.5 Å². The SMILES string of the molecule is Cc1ccc(NC(=O)N(C)C(CCO)c2ccccc2)s1. The van der Waals surface area contributed by atoms with Crippen molar-refractivity contribution in [2.24, 2.45) is 0 Å². The minimum absolute atomic E-state index is 0.0370. The van der Waals surface area contributed by atoms with E-state index in [1.807, 2.05) is 49.4 Å². The topological polar surface area (TPSA) is 52.6 Å². The van der Waals surface area contributed by atoms with Gasteiger partial charge in [-0.2, -0.15) is 0 Å². The number of aliphatic hydroxyl groups is 1. The number of benzene rings is 1. The van der Waals surface area contributed by atoms with Gasteiger partial charge in [-0.3, -0.25) is 5.32 Å². The Kier molecular flexibility index (Phi) is 5.36. The number of hydrogen-bond acceptors (Lipinski definition) is 3. The average molecular weight is 304 g/mol. The Morgan fingerprint density at radius 2 is 2.00 bits per heavy atom. The van der Waals surface area contributed by atoms with Crippen LogP contribution < -0.4 is 5.32 Å². The number of carbonyl (C=O) groups is 1. The Hall–Kier alpha value is -1.85. The van der Waals surface area contributed by atoms with Crippen molar-refractivity contribution in [2.45, 2.75) is 19.4 Å². The lowest BCUT2D eigenvalue weighted by atomic mass is 10.0. The Morgan fingerprint density at radius 3 is 2.57 bits per heavy atom. The number of rotatable bonds is 5. The molecule has 0 bridgehead atoms. The fourth-order valence-corrected chi connectivity index (χ4v) is 2.98. The molecule has 21 heavy (non-hydrogen) atoms. The molecule has 0 spiro atoms. The minimum Gasteiger partial charge on any atom is -0.396 e. The maximum absolute atomic E-state index is 12.4. The summed E-state index contributed by atoms with van der Waals surface area (Å²) in [5.41, 5.74) is 1.02. The predicted octanol–water partition coefficient (Wildman–Crippen LogP) is 3.64. The maximum Gasteiger partial charge on any atom is 0.322 e. The van der Waals surface area contributed by atoms with Crippen LogP contribution in [-0.2, 0) is 0 Å². The zero-order chi connectivity index (χ0) is 15.2. The largest absolute Gasteiger partial charge is 0.396 e. The van der Waals surface area contributed by atoms with Crippen LogP contribution in [0.25, 0.3) is 0 Å². The average Bonchev–Trinajstić information content (AvgIpc) is 2.90. The van der Waals surface area contributed by atoms with Crippen molar-refractivity contribution in [3.05, 3.63) is 52.9 Å². The Balaban J connectivity index is 2.10. The summed E-state index contributed by atoms with van der Waals surface area (Å²) in [6.07, 6.45) is 0.511. The number of amides is 2. The van der Waals surface area contributed by atoms with E-state index in [2.05, 4.69) is 5.32 Å². The van der Waals surface area contributed by atoms with Gasteiger partial charge in [0.1, 0.15) is 0 Å². The van der Waals surface area contributed by atoms with Crippen LogP contribution in [0.5, 0.6) is 0 Å². The highest BCUT2D eigenvalue weighted by atomic mass is 32.1. The molecule has 0 fully saturated rings. The summed E-state index contributed by atoms with van der Waals surface area (Å²) in [7, 11) is 1.75. The molecule has 0 radical (unpaired) electrons. The molecule has 4 nitrogen and oxygen atoms in total. The molecule has 1 aromatic heterocycles. The lowest BCUT2D eigenvalue weighted by molar-refractivity contribution is 0.184. The Labute approximate surface area is 129 Å². The van der Waals surface area contributed by atoms with Gasteiger partial charge in [-0.05, 0) is 31.0 Å². The summed E-state index contributed by atoms with van der Waals surface area (Å²) in [4.78, 5) is 15.1. The molecule has 1 atom stereocenters. The molecule has 2 amide bonds. The summed E-state index contributed by atoms with van der Waals surface area (Å²) in [5, 5.41) is 13.0. The van der Waals surface area contributed by atoms with Crippen molar-refractivity contribution < 1.29 is 9.90 Å². The molecule has 0 aliphatic heterocycles. The molecule has 112 valence electrons. The van der Waals surface area contributed by atoms with Crippen molar-refractivity contribution in [1.82, 2.24) is 4.90 Å². The number of nitrogens with one attached hydrogen (secondary N) is 1. The second kappa shape index (κ2) is 7.24. The van der Waals surface area contributed by atoms with Gasteiger partial charge in [0.2, 0.25) is 0 Å². The standard InChI is InChI=1S/C16H20N2O2S/c1-12-8-9-15(21-12)17-16(20)18(2)14(10-11-19)13-6-4-3-5-7-13/h3-9,14,19H,10-11H2,1-2H3,(H,17,20). The second-order valence-corrected chi connectivity index (χ2v) is 6.18. The minimum atomic E-state index is -0.167. The molecule has 0 saturated heterocycles. The van der Waals surface area contributed by atoms with E-state index in [9.17, 15) is 9.90 Å². The van der Waals surface area contributed by atoms with E-state index in [1.165, 1.54) is 0 Å². The highest BCUT2D eigenvalue weighted by Gasteiger charge is 2.21. The normalized spacial score (nSPS) is 12.0. The number of urea groups is 1. The third kappa shape index (κ3) is 4.06. The highest BCUT2D eigenvalue weighted by Crippen LogP contribution is 2.25. The Bertz CT molecular complexity index is 583. The smallest absolute Gasteiger partial charge is 0.322 e. The molecule has 2 aromatic rings. The van der Waals surface area contributed by atoms with Gasteiger partial charge in [0.25, 0.3) is 0 Å². The van der Waals surface area contributed by atoms with Crippen LogP contribution in [-0.4, -0.2) is 29.7 Å². The molecule has 5 heteroatoms. The summed E-state index contributed by atoms with van der Waals surface area (Å²) < 4.78 is 0. The Morgan fingerprint density at radius 1 is 1.29 bits per heavy atom. The number of carbonyl (C=O) groups excluding carboxylic acids is 1. The number of hydrogen-bond donors (Lipinski definition) is 2. The first-order valence-corrected chi connectivity index (χ1v) is 7.69. The summed E-state index contributed by atoms with van der Waals surface area (Å²) in [6, 6.07) is 13.3. The first kappa shape index (κ1) is 15.5. The molecule has 0 aliphatic carbocycles. The van der Waals surface area contributed by atoms with Gasteiger partial charge in [-0.15, -0.1) is 11.3 Å². The molecule has 1 heterocycles. The van der Waals surface area contributed by atoms with E-state index in [0.717, 1.165) is 15.4 Å². The van der Waals surface area contributed by atoms with E-state index >= 15 is 0 Å². The number of anilines is 1. The number of nitrogens with zero attached hydrogens (tertiary/aromatic N) is 1. The summed E-state index contributed by atoms with van der Waals surface area (Å²) in [5.74, 6) is 0. The zero-order valence-corrected chi connectivity index (χ0v) is 13.1. The molecule has 1 unspecified atom stereocenters. The molecular weight excluding hydrogens is 284 g/mol. The van der Waals surface area contributed by atoms with E-state index in [4.69, 9.17) is 0 Å². The first-order chi connectivity index (χ1) is 10.1. The van der Waals surface area contributed by atoms with Crippen molar-refractivity contribution in [1.29, 1.82) is 0 Å². The monoisotopic (exact) mass is 304 g/mol. The fourth-order valence-electron chi connectivity index (χ4n) is 2.22. The second-order valence-electron chi connectivity index (χ2n) is 4.89. The summed E-state index contributed by atoms with van der Waals surface area (Å²) in [6.45, 7) is 2.04. The van der Waals surface area contributed by atoms with E-state index in [0.29, 0.717) is 6.42 Å². The van der Waals surface area contributed by atoms with E-state index < -0.39 is 0 Å². The third-order valence-corrected chi connectivity index (χ3v) is 4.26. The van der Waals surface area contributed by atoms with Gasteiger partial charge in [0.05, 0.1) is 11.0 Å². The quantitative estimate of drug-likeness (QED) is 0.886. The van der Waals surface area contributed by atoms with Crippen molar-refractivity contribution in [3.63, 3.8) is 0 Å². The summed E-state index contributed by atoms with van der Waals surface area (Å²) >= 11 is 1.55. The van der Waals surface area contributed by atoms with Gasteiger partial charge >= 0.3 is 6.03 Å². The zero-order valence-electron chi connectivity index (χ0n) is 12.2. The molecule has 0 aliphatic rings. The number of thiophene rings is 1. The van der Waals surface area contributed by atoms with Crippen LogP contribution in [0, 0.1) is 6.92 Å². The van der Waals surface area contributed by atoms with E-state index in [-0.39, 0.29) is 18.7 Å². The first-order valence-electron chi connectivity index (χ1n) is 6.88. The van der Waals surface area contributed by atoms with Gasteiger partial charge < -0.3 is 10.0 Å². The van der Waals surface area contributed by atoms with Crippen molar-refractivity contribution >= 4 is 22.4 Å². The van der Waals surface area contributed by atoms with Crippen LogP contribution in [0.1, 0.15) is 22.9 Å². The van der Waals surface area contributed by atoms with Crippen LogP contribution in [0.3, 0.4) is 0 Å². The van der Waals surface area contributed by atoms with Crippen LogP contribution in [0.4, 0.5) is 9.80 Å². The third-order valence-electron chi connectivity index (χ3n) is 3.35. The number of aliphatic hydroxyl groups excluding tert-OH is 1. The maximum atomic E-state index is 12.4. The predicted molar refractivity (Wildman–Crippen MR) is 86.7 cm³/mol. The molecule has 0 saturated carbocycles. The molecule has 1 aromatic carbocycles. The molecule has 2 rings (SSSR count). The molecule has 2 N–H and O–H groups in total. The van der Waals surface area contributed by atoms with Gasteiger partial charge in [-0.1, -0.05) is 30.3 Å².